The summed E-state index contributed by atoms with van der Waals surface area (Å²) in [6, 6.07) is 7.15. The molecule has 1 aromatic heterocycles. The normalized spacial score (nSPS) is 10.5. The molecule has 0 saturated carbocycles. The van der Waals surface area contributed by atoms with Gasteiger partial charge in [-0.15, -0.1) is 0 Å². The second kappa shape index (κ2) is 8.42. The van der Waals surface area contributed by atoms with Gasteiger partial charge in [-0.05, 0) is 24.6 Å². The van der Waals surface area contributed by atoms with E-state index in [-0.39, 0.29) is 30.5 Å². The molecule has 0 aliphatic rings. The van der Waals surface area contributed by atoms with Crippen molar-refractivity contribution in [3.8, 4) is 0 Å². The zero-order valence-electron chi connectivity index (χ0n) is 13.1. The maximum atomic E-state index is 11.5. The predicted molar refractivity (Wildman–Crippen MR) is 92.4 cm³/mol. The van der Waals surface area contributed by atoms with E-state index >= 15 is 0 Å². The van der Waals surface area contributed by atoms with E-state index in [0.717, 1.165) is 5.56 Å². The van der Waals surface area contributed by atoms with Gasteiger partial charge >= 0.3 is 5.69 Å². The van der Waals surface area contributed by atoms with E-state index in [1.165, 1.54) is 6.33 Å². The fourth-order valence-corrected chi connectivity index (χ4v) is 2.35. The SMILES string of the molecule is CCN(CCO)c1ncnc(NCc2ccc(Cl)cc2)c1[N+](=O)[O-]. The third-order valence-electron chi connectivity index (χ3n) is 3.41. The Hall–Kier alpha value is -2.45. The number of aliphatic hydroxyl groups is 1. The minimum absolute atomic E-state index is 0.122. The van der Waals surface area contributed by atoms with Crippen LogP contribution in [-0.4, -0.2) is 39.7 Å². The van der Waals surface area contributed by atoms with E-state index in [9.17, 15) is 10.1 Å². The van der Waals surface area contributed by atoms with Crippen molar-refractivity contribution in [3.63, 3.8) is 0 Å². The molecule has 2 N–H and O–H groups in total. The van der Waals surface area contributed by atoms with E-state index in [4.69, 9.17) is 16.7 Å². The summed E-state index contributed by atoms with van der Waals surface area (Å²) in [6.45, 7) is 2.81. The molecule has 0 aliphatic carbocycles. The highest BCUT2D eigenvalue weighted by atomic mass is 35.5. The van der Waals surface area contributed by atoms with Gasteiger partial charge in [0.2, 0.25) is 11.6 Å². The summed E-state index contributed by atoms with van der Waals surface area (Å²) in [5, 5.41) is 24.2. The zero-order valence-corrected chi connectivity index (χ0v) is 13.9. The Balaban J connectivity index is 2.28. The van der Waals surface area contributed by atoms with E-state index < -0.39 is 4.92 Å². The van der Waals surface area contributed by atoms with E-state index in [0.29, 0.717) is 18.1 Å². The number of anilines is 2. The fourth-order valence-electron chi connectivity index (χ4n) is 2.22. The molecule has 128 valence electrons. The van der Waals surface area contributed by atoms with Gasteiger partial charge in [-0.25, -0.2) is 9.97 Å². The van der Waals surface area contributed by atoms with Crippen LogP contribution in [0.25, 0.3) is 0 Å². The van der Waals surface area contributed by atoms with Crippen LogP contribution in [0.1, 0.15) is 12.5 Å². The number of rotatable bonds is 8. The highest BCUT2D eigenvalue weighted by Crippen LogP contribution is 2.31. The lowest BCUT2D eigenvalue weighted by atomic mass is 10.2. The molecular weight excluding hydrogens is 334 g/mol. The molecule has 0 spiro atoms. The smallest absolute Gasteiger partial charge is 0.353 e. The van der Waals surface area contributed by atoms with Crippen molar-refractivity contribution < 1.29 is 10.0 Å². The standard InChI is InChI=1S/C15H18ClN5O3/c1-2-20(7-8-22)15-13(21(23)24)14(18-10-19-15)17-9-11-3-5-12(16)6-4-11/h3-6,10,22H,2,7-9H2,1H3,(H,17,18,19). The van der Waals surface area contributed by atoms with Gasteiger partial charge in [0.15, 0.2) is 0 Å². The minimum Gasteiger partial charge on any atom is -0.395 e. The molecule has 0 amide bonds. The molecule has 24 heavy (non-hydrogen) atoms. The topological polar surface area (TPSA) is 104 Å². The van der Waals surface area contributed by atoms with Gasteiger partial charge < -0.3 is 15.3 Å². The molecule has 2 rings (SSSR count). The monoisotopic (exact) mass is 351 g/mol. The minimum atomic E-state index is -0.514. The van der Waals surface area contributed by atoms with Crippen molar-refractivity contribution in [3.05, 3.63) is 51.3 Å². The molecule has 0 fully saturated rings. The molecule has 0 bridgehead atoms. The lowest BCUT2D eigenvalue weighted by molar-refractivity contribution is -0.383. The van der Waals surface area contributed by atoms with Crippen molar-refractivity contribution in [2.75, 3.05) is 29.9 Å². The Morgan fingerprint density at radius 1 is 1.33 bits per heavy atom. The highest BCUT2D eigenvalue weighted by Gasteiger charge is 2.26. The molecule has 0 unspecified atom stereocenters. The summed E-state index contributed by atoms with van der Waals surface area (Å²) < 4.78 is 0. The number of likely N-dealkylation sites (N-methyl/N-ethyl adjacent to an activating group) is 1. The van der Waals surface area contributed by atoms with Gasteiger partial charge in [-0.2, -0.15) is 0 Å². The quantitative estimate of drug-likeness (QED) is 0.556. The molecule has 0 radical (unpaired) electrons. The maximum Gasteiger partial charge on any atom is 0.353 e. The van der Waals surface area contributed by atoms with Crippen LogP contribution in [0, 0.1) is 10.1 Å². The van der Waals surface area contributed by atoms with Gasteiger partial charge in [0.05, 0.1) is 11.5 Å². The Morgan fingerprint density at radius 2 is 2.04 bits per heavy atom. The highest BCUT2D eigenvalue weighted by molar-refractivity contribution is 6.30. The van der Waals surface area contributed by atoms with E-state index in [2.05, 4.69) is 15.3 Å². The van der Waals surface area contributed by atoms with E-state index in [1.807, 2.05) is 19.1 Å². The number of aliphatic hydroxyl groups excluding tert-OH is 1. The van der Waals surface area contributed by atoms with Crippen LogP contribution in [-0.2, 0) is 6.54 Å². The first-order chi connectivity index (χ1) is 11.6. The van der Waals surface area contributed by atoms with Crippen LogP contribution < -0.4 is 10.2 Å². The van der Waals surface area contributed by atoms with Gasteiger partial charge in [0, 0.05) is 24.7 Å². The second-order valence-corrected chi connectivity index (χ2v) is 5.37. The second-order valence-electron chi connectivity index (χ2n) is 4.93. The molecule has 8 nitrogen and oxygen atoms in total. The van der Waals surface area contributed by atoms with Gasteiger partial charge in [-0.1, -0.05) is 23.7 Å². The third kappa shape index (κ3) is 4.30. The predicted octanol–water partition coefficient (Wildman–Crippen LogP) is 2.47. The molecule has 1 heterocycles. The van der Waals surface area contributed by atoms with Crippen molar-refractivity contribution >= 4 is 28.9 Å². The molecule has 9 heteroatoms. The molecule has 1 aromatic carbocycles. The summed E-state index contributed by atoms with van der Waals surface area (Å²) in [4.78, 5) is 20.6. The van der Waals surface area contributed by atoms with Crippen molar-refractivity contribution in [2.24, 2.45) is 0 Å². The van der Waals surface area contributed by atoms with Crippen molar-refractivity contribution in [1.82, 2.24) is 9.97 Å². The number of hydrogen-bond acceptors (Lipinski definition) is 7. The van der Waals surface area contributed by atoms with Gasteiger partial charge in [0.25, 0.3) is 0 Å². The number of nitro groups is 1. The van der Waals surface area contributed by atoms with Crippen LogP contribution in [0.3, 0.4) is 0 Å². The van der Waals surface area contributed by atoms with Crippen LogP contribution >= 0.6 is 11.6 Å². The lowest BCUT2D eigenvalue weighted by Crippen LogP contribution is -2.28. The number of hydrogen-bond donors (Lipinski definition) is 2. The lowest BCUT2D eigenvalue weighted by Gasteiger charge is -2.20. The Labute approximate surface area is 144 Å². The van der Waals surface area contributed by atoms with Crippen LogP contribution in [0.5, 0.6) is 0 Å². The first-order valence-electron chi connectivity index (χ1n) is 7.40. The first kappa shape index (κ1) is 17.9. The molecular formula is C15H18ClN5O3. The van der Waals surface area contributed by atoms with Crippen LogP contribution in [0.15, 0.2) is 30.6 Å². The summed E-state index contributed by atoms with van der Waals surface area (Å²) in [7, 11) is 0. The maximum absolute atomic E-state index is 11.5. The molecule has 0 saturated heterocycles. The Kier molecular flexibility index (Phi) is 6.28. The molecule has 0 aliphatic heterocycles. The number of aromatic nitrogens is 2. The van der Waals surface area contributed by atoms with Gasteiger partial charge in [0.1, 0.15) is 6.33 Å². The van der Waals surface area contributed by atoms with Crippen molar-refractivity contribution in [2.45, 2.75) is 13.5 Å². The summed E-state index contributed by atoms with van der Waals surface area (Å²) >= 11 is 5.84. The van der Waals surface area contributed by atoms with Crippen LogP contribution in [0.2, 0.25) is 5.02 Å². The largest absolute Gasteiger partial charge is 0.395 e. The number of benzene rings is 1. The van der Waals surface area contributed by atoms with E-state index in [1.54, 1.807) is 17.0 Å². The third-order valence-corrected chi connectivity index (χ3v) is 3.66. The summed E-state index contributed by atoms with van der Waals surface area (Å²) in [6.07, 6.45) is 1.27. The van der Waals surface area contributed by atoms with Gasteiger partial charge in [-0.3, -0.25) is 10.1 Å². The molecule has 0 atom stereocenters. The average molecular weight is 352 g/mol. The number of halogens is 1. The number of nitrogens with one attached hydrogen (secondary N) is 1. The molecule has 2 aromatic rings. The Morgan fingerprint density at radius 3 is 2.62 bits per heavy atom. The number of nitrogens with zero attached hydrogens (tertiary/aromatic N) is 4. The average Bonchev–Trinajstić information content (AvgIpc) is 2.58. The van der Waals surface area contributed by atoms with Crippen molar-refractivity contribution in [1.29, 1.82) is 0 Å². The fraction of sp³-hybridized carbons (Fsp3) is 0.333. The summed E-state index contributed by atoms with van der Waals surface area (Å²) in [5.74, 6) is 0.321. The zero-order chi connectivity index (χ0) is 17.5. The van der Waals surface area contributed by atoms with Crippen LogP contribution in [0.4, 0.5) is 17.3 Å². The Bertz CT molecular complexity index is 696. The first-order valence-corrected chi connectivity index (χ1v) is 7.78. The summed E-state index contributed by atoms with van der Waals surface area (Å²) in [5.41, 5.74) is 0.707.